The number of rotatable bonds is 4. The molecule has 0 fully saturated rings. The van der Waals surface area contributed by atoms with Gasteiger partial charge in [-0.15, -0.1) is 0 Å². The van der Waals surface area contributed by atoms with E-state index in [0.717, 1.165) is 17.8 Å². The Balaban J connectivity index is 1.82. The quantitative estimate of drug-likeness (QED) is 0.615. The average molecular weight is 321 g/mol. The summed E-state index contributed by atoms with van der Waals surface area (Å²) in [5.41, 5.74) is 8.23. The molecule has 126 valence electrons. The van der Waals surface area contributed by atoms with Gasteiger partial charge in [0.05, 0.1) is 11.9 Å². The van der Waals surface area contributed by atoms with Crippen molar-refractivity contribution in [2.45, 2.75) is 45.6 Å². The van der Waals surface area contributed by atoms with Gasteiger partial charge in [-0.1, -0.05) is 31.2 Å². The lowest BCUT2D eigenvalue weighted by Crippen LogP contribution is -2.48. The predicted octanol–water partition coefficient (Wildman–Crippen LogP) is 5.24. The van der Waals surface area contributed by atoms with Crippen molar-refractivity contribution in [3.05, 3.63) is 59.7 Å². The Bertz CT molecular complexity index is 719. The topological polar surface area (TPSA) is 27.6 Å². The summed E-state index contributed by atoms with van der Waals surface area (Å²) in [7, 11) is 0. The van der Waals surface area contributed by atoms with Crippen molar-refractivity contribution in [3.63, 3.8) is 0 Å². The van der Waals surface area contributed by atoms with Crippen LogP contribution in [0.3, 0.4) is 0 Å². The van der Waals surface area contributed by atoms with E-state index in [0.29, 0.717) is 5.92 Å². The molecular formula is C21H27N3. The molecule has 0 amide bonds. The first kappa shape index (κ1) is 16.6. The molecule has 1 heterocycles. The second kappa shape index (κ2) is 6.68. The summed E-state index contributed by atoms with van der Waals surface area (Å²) in [6, 6.07) is 16.7. The standard InChI is InChI=1S/C21H27N3/c1-5-24-20-12-11-17(13-19(20)16(2)14-21(24,3)4)15-22-23-18-9-7-6-8-10-18/h6-13,15-16,23H,5,14H2,1-4H3/b22-15+. The van der Waals surface area contributed by atoms with Crippen molar-refractivity contribution in [2.75, 3.05) is 16.9 Å². The zero-order valence-corrected chi connectivity index (χ0v) is 15.1. The summed E-state index contributed by atoms with van der Waals surface area (Å²) in [4.78, 5) is 2.52. The van der Waals surface area contributed by atoms with Gasteiger partial charge in [0.15, 0.2) is 0 Å². The van der Waals surface area contributed by atoms with E-state index in [1.807, 2.05) is 36.5 Å². The monoisotopic (exact) mass is 321 g/mol. The van der Waals surface area contributed by atoms with E-state index >= 15 is 0 Å². The number of hydrogen-bond acceptors (Lipinski definition) is 3. The molecular weight excluding hydrogens is 294 g/mol. The predicted molar refractivity (Wildman–Crippen MR) is 104 cm³/mol. The van der Waals surface area contributed by atoms with E-state index < -0.39 is 0 Å². The molecule has 0 aromatic heterocycles. The van der Waals surface area contributed by atoms with E-state index in [9.17, 15) is 0 Å². The van der Waals surface area contributed by atoms with Crippen LogP contribution in [0.1, 0.15) is 51.2 Å². The van der Waals surface area contributed by atoms with Crippen LogP contribution in [0, 0.1) is 0 Å². The molecule has 0 saturated heterocycles. The van der Waals surface area contributed by atoms with Crippen molar-refractivity contribution >= 4 is 17.6 Å². The smallest absolute Gasteiger partial charge is 0.0561 e. The van der Waals surface area contributed by atoms with Gasteiger partial charge < -0.3 is 4.90 Å². The molecule has 1 atom stereocenters. The number of para-hydroxylation sites is 1. The third-order valence-corrected chi connectivity index (χ3v) is 4.91. The third kappa shape index (κ3) is 3.30. The summed E-state index contributed by atoms with van der Waals surface area (Å²) in [6.07, 6.45) is 3.08. The number of fused-ring (bicyclic) bond motifs is 1. The van der Waals surface area contributed by atoms with Gasteiger partial charge in [0.2, 0.25) is 0 Å². The Morgan fingerprint density at radius 2 is 1.96 bits per heavy atom. The fourth-order valence-electron chi connectivity index (χ4n) is 3.88. The van der Waals surface area contributed by atoms with Crippen molar-refractivity contribution in [1.29, 1.82) is 0 Å². The number of hydrogen-bond donors (Lipinski definition) is 1. The van der Waals surface area contributed by atoms with Crippen LogP contribution in [-0.4, -0.2) is 18.3 Å². The first-order chi connectivity index (χ1) is 11.5. The van der Waals surface area contributed by atoms with Gasteiger partial charge in [-0.25, -0.2) is 0 Å². The molecule has 1 aliphatic heterocycles. The Kier molecular flexibility index (Phi) is 4.61. The molecule has 0 radical (unpaired) electrons. The summed E-state index contributed by atoms with van der Waals surface area (Å²) in [5, 5.41) is 4.36. The summed E-state index contributed by atoms with van der Waals surface area (Å²) < 4.78 is 0. The van der Waals surface area contributed by atoms with Crippen molar-refractivity contribution in [2.24, 2.45) is 5.10 Å². The van der Waals surface area contributed by atoms with E-state index in [-0.39, 0.29) is 5.54 Å². The highest BCUT2D eigenvalue weighted by Gasteiger charge is 2.35. The maximum absolute atomic E-state index is 4.36. The second-order valence-electron chi connectivity index (χ2n) is 7.22. The first-order valence-corrected chi connectivity index (χ1v) is 8.77. The number of hydrazone groups is 1. The average Bonchev–Trinajstić information content (AvgIpc) is 2.56. The molecule has 0 bridgehead atoms. The van der Waals surface area contributed by atoms with Gasteiger partial charge in [-0.3, -0.25) is 5.43 Å². The molecule has 1 unspecified atom stereocenters. The number of nitrogens with zero attached hydrogens (tertiary/aromatic N) is 2. The van der Waals surface area contributed by atoms with E-state index in [2.05, 4.69) is 61.3 Å². The number of nitrogens with one attached hydrogen (secondary N) is 1. The third-order valence-electron chi connectivity index (χ3n) is 4.91. The fourth-order valence-corrected chi connectivity index (χ4v) is 3.88. The van der Waals surface area contributed by atoms with E-state index in [1.165, 1.54) is 17.7 Å². The molecule has 3 rings (SSSR count). The van der Waals surface area contributed by atoms with Crippen molar-refractivity contribution in [3.8, 4) is 0 Å². The zero-order valence-electron chi connectivity index (χ0n) is 15.1. The van der Waals surface area contributed by atoms with Crippen LogP contribution < -0.4 is 10.3 Å². The summed E-state index contributed by atoms with van der Waals surface area (Å²) in [5.74, 6) is 0.563. The van der Waals surface area contributed by atoms with Crippen LogP contribution in [0.4, 0.5) is 11.4 Å². The fraction of sp³-hybridized carbons (Fsp3) is 0.381. The van der Waals surface area contributed by atoms with Crippen molar-refractivity contribution < 1.29 is 0 Å². The molecule has 2 aromatic rings. The minimum Gasteiger partial charge on any atom is -0.366 e. The molecule has 1 N–H and O–H groups in total. The maximum Gasteiger partial charge on any atom is 0.0561 e. The van der Waals surface area contributed by atoms with Gasteiger partial charge in [0.25, 0.3) is 0 Å². The molecule has 1 aliphatic rings. The maximum atomic E-state index is 4.36. The lowest BCUT2D eigenvalue weighted by atomic mass is 9.79. The van der Waals surface area contributed by atoms with Crippen LogP contribution in [0.2, 0.25) is 0 Å². The minimum absolute atomic E-state index is 0.214. The Hall–Kier alpha value is -2.29. The largest absolute Gasteiger partial charge is 0.366 e. The molecule has 24 heavy (non-hydrogen) atoms. The van der Waals surface area contributed by atoms with Crippen LogP contribution in [0.5, 0.6) is 0 Å². The molecule has 2 aromatic carbocycles. The van der Waals surface area contributed by atoms with Gasteiger partial charge in [-0.05, 0) is 68.5 Å². The Morgan fingerprint density at radius 3 is 2.67 bits per heavy atom. The Labute approximate surface area is 145 Å². The number of benzene rings is 2. The van der Waals surface area contributed by atoms with Gasteiger partial charge in [-0.2, -0.15) is 5.10 Å². The normalized spacial score (nSPS) is 19.3. The minimum atomic E-state index is 0.214. The summed E-state index contributed by atoms with van der Waals surface area (Å²) in [6.45, 7) is 10.3. The first-order valence-electron chi connectivity index (χ1n) is 8.77. The lowest BCUT2D eigenvalue weighted by molar-refractivity contribution is 0.381. The summed E-state index contributed by atoms with van der Waals surface area (Å²) >= 11 is 0. The van der Waals surface area contributed by atoms with E-state index in [4.69, 9.17) is 0 Å². The second-order valence-corrected chi connectivity index (χ2v) is 7.22. The molecule has 3 heteroatoms. The highest BCUT2D eigenvalue weighted by Crippen LogP contribution is 2.43. The van der Waals surface area contributed by atoms with Crippen LogP contribution in [0.15, 0.2) is 53.6 Å². The molecule has 0 aliphatic carbocycles. The van der Waals surface area contributed by atoms with Crippen LogP contribution in [-0.2, 0) is 0 Å². The van der Waals surface area contributed by atoms with Gasteiger partial charge in [0.1, 0.15) is 0 Å². The Morgan fingerprint density at radius 1 is 1.21 bits per heavy atom. The molecule has 3 nitrogen and oxygen atoms in total. The molecule has 0 saturated carbocycles. The van der Waals surface area contributed by atoms with Crippen LogP contribution >= 0.6 is 0 Å². The number of anilines is 2. The highest BCUT2D eigenvalue weighted by molar-refractivity contribution is 5.82. The van der Waals surface area contributed by atoms with Crippen LogP contribution in [0.25, 0.3) is 0 Å². The molecule has 0 spiro atoms. The SMILES string of the molecule is CCN1c2ccc(/C=N/Nc3ccccc3)cc2C(C)CC1(C)C. The zero-order chi connectivity index (χ0) is 17.2. The highest BCUT2D eigenvalue weighted by atomic mass is 15.3. The van der Waals surface area contributed by atoms with Gasteiger partial charge >= 0.3 is 0 Å². The lowest BCUT2D eigenvalue weighted by Gasteiger charge is -2.47. The van der Waals surface area contributed by atoms with Gasteiger partial charge in [0, 0.05) is 17.8 Å². The van der Waals surface area contributed by atoms with Crippen molar-refractivity contribution in [1.82, 2.24) is 0 Å². The van der Waals surface area contributed by atoms with E-state index in [1.54, 1.807) is 0 Å².